The summed E-state index contributed by atoms with van der Waals surface area (Å²) in [4.78, 5) is 41.6. The van der Waals surface area contributed by atoms with Crippen LogP contribution in [0.5, 0.6) is 11.5 Å². The van der Waals surface area contributed by atoms with Gasteiger partial charge in [-0.2, -0.15) is 22.9 Å². The third-order valence-electron chi connectivity index (χ3n) is 6.55. The van der Waals surface area contributed by atoms with E-state index in [0.717, 1.165) is 41.2 Å². The van der Waals surface area contributed by atoms with Crippen LogP contribution < -0.4 is 20.3 Å². The first-order valence-corrected chi connectivity index (χ1v) is 13.8. The van der Waals surface area contributed by atoms with Gasteiger partial charge in [0.25, 0.3) is 11.5 Å². The number of nitro benzene ring substituents is 1. The first kappa shape index (κ1) is 32.3. The van der Waals surface area contributed by atoms with Crippen LogP contribution in [0.15, 0.2) is 94.8 Å². The van der Waals surface area contributed by atoms with Crippen LogP contribution >= 0.6 is 0 Å². The number of halogens is 4. The first-order valence-electron chi connectivity index (χ1n) is 13.8. The SMILES string of the molecule is CCOc1cc(C=Nn2c(-c3cccc(C(F)(F)F)c3)nc3ccccc3c2=O)cc([N+](=O)[O-])c1OCC(=O)Nc1ccc(F)cc1. The Morgan fingerprint density at radius 3 is 2.49 bits per heavy atom. The van der Waals surface area contributed by atoms with Gasteiger partial charge in [0.15, 0.2) is 18.2 Å². The van der Waals surface area contributed by atoms with Gasteiger partial charge in [0.05, 0.1) is 34.2 Å². The van der Waals surface area contributed by atoms with E-state index in [9.17, 15) is 37.3 Å². The van der Waals surface area contributed by atoms with E-state index in [0.29, 0.717) is 0 Å². The molecule has 0 aliphatic carbocycles. The highest BCUT2D eigenvalue weighted by atomic mass is 19.4. The molecule has 1 N–H and O–H groups in total. The number of nitrogens with zero attached hydrogens (tertiary/aromatic N) is 4. The highest BCUT2D eigenvalue weighted by Crippen LogP contribution is 2.38. The second-order valence-electron chi connectivity index (χ2n) is 9.79. The zero-order chi connectivity index (χ0) is 33.7. The minimum atomic E-state index is -4.67. The van der Waals surface area contributed by atoms with Crippen molar-refractivity contribution in [2.75, 3.05) is 18.5 Å². The van der Waals surface area contributed by atoms with Crippen molar-refractivity contribution in [1.82, 2.24) is 9.66 Å². The summed E-state index contributed by atoms with van der Waals surface area (Å²) < 4.78 is 65.5. The molecule has 0 aliphatic rings. The number of benzene rings is 4. The second kappa shape index (κ2) is 13.5. The number of carbonyl (C=O) groups excluding carboxylic acids is 1. The zero-order valence-electron chi connectivity index (χ0n) is 24.3. The van der Waals surface area contributed by atoms with E-state index in [1.165, 1.54) is 42.5 Å². The molecule has 0 saturated carbocycles. The number of rotatable bonds is 10. The quantitative estimate of drug-likeness (QED) is 0.0797. The molecule has 47 heavy (non-hydrogen) atoms. The van der Waals surface area contributed by atoms with Crippen LogP contribution in [0.4, 0.5) is 28.9 Å². The van der Waals surface area contributed by atoms with Crippen molar-refractivity contribution >= 4 is 34.4 Å². The van der Waals surface area contributed by atoms with Crippen molar-refractivity contribution in [3.8, 4) is 22.9 Å². The van der Waals surface area contributed by atoms with Crippen LogP contribution in [0.2, 0.25) is 0 Å². The fourth-order valence-corrected chi connectivity index (χ4v) is 4.47. The minimum absolute atomic E-state index is 0.0453. The molecule has 0 unspecified atom stereocenters. The number of hydrogen-bond acceptors (Lipinski definition) is 8. The maximum atomic E-state index is 13.5. The Balaban J connectivity index is 1.53. The van der Waals surface area contributed by atoms with E-state index >= 15 is 0 Å². The standard InChI is InChI=1S/C32H23F4N5O6/c1-2-46-27-15-19(14-26(41(44)45)29(27)47-18-28(42)38-23-12-10-22(33)11-13-23)17-37-40-30(20-6-5-7-21(16-20)32(34,35)36)39-25-9-4-3-8-24(25)31(40)43/h3-17H,2,18H2,1H3,(H,38,42). The molecule has 15 heteroatoms. The summed E-state index contributed by atoms with van der Waals surface area (Å²) in [6.45, 7) is 0.993. The van der Waals surface area contributed by atoms with Gasteiger partial charge in [-0.25, -0.2) is 9.37 Å². The molecular weight excluding hydrogens is 626 g/mol. The normalized spacial score (nSPS) is 11.5. The topological polar surface area (TPSA) is 138 Å². The molecule has 5 rings (SSSR count). The summed E-state index contributed by atoms with van der Waals surface area (Å²) >= 11 is 0. The van der Waals surface area contributed by atoms with Gasteiger partial charge in [0, 0.05) is 22.9 Å². The van der Waals surface area contributed by atoms with E-state index in [2.05, 4.69) is 15.4 Å². The Morgan fingerprint density at radius 1 is 1.04 bits per heavy atom. The van der Waals surface area contributed by atoms with Crippen molar-refractivity contribution in [2.45, 2.75) is 13.1 Å². The van der Waals surface area contributed by atoms with Crippen LogP contribution in [0, 0.1) is 15.9 Å². The van der Waals surface area contributed by atoms with Gasteiger partial charge in [-0.3, -0.25) is 19.7 Å². The van der Waals surface area contributed by atoms with Crippen molar-refractivity contribution in [3.63, 3.8) is 0 Å². The second-order valence-corrected chi connectivity index (χ2v) is 9.79. The molecule has 0 aliphatic heterocycles. The zero-order valence-corrected chi connectivity index (χ0v) is 24.3. The molecule has 1 heterocycles. The molecule has 0 fully saturated rings. The van der Waals surface area contributed by atoms with Crippen LogP contribution in [0.1, 0.15) is 18.1 Å². The fourth-order valence-electron chi connectivity index (χ4n) is 4.47. The lowest BCUT2D eigenvalue weighted by atomic mass is 10.1. The number of para-hydroxylation sites is 1. The lowest BCUT2D eigenvalue weighted by molar-refractivity contribution is -0.385. The molecule has 0 spiro atoms. The van der Waals surface area contributed by atoms with Crippen LogP contribution in [0.3, 0.4) is 0 Å². The van der Waals surface area contributed by atoms with Gasteiger partial charge in [-0.05, 0) is 61.5 Å². The van der Waals surface area contributed by atoms with Crippen LogP contribution in [0.25, 0.3) is 22.3 Å². The summed E-state index contributed by atoms with van der Waals surface area (Å²) in [5, 5.41) is 18.8. The summed E-state index contributed by atoms with van der Waals surface area (Å²) in [7, 11) is 0. The number of hydrogen-bond donors (Lipinski definition) is 1. The molecular formula is C32H23F4N5O6. The highest BCUT2D eigenvalue weighted by Gasteiger charge is 2.31. The van der Waals surface area contributed by atoms with E-state index in [1.54, 1.807) is 19.1 Å². The molecule has 0 saturated heterocycles. The van der Waals surface area contributed by atoms with E-state index in [4.69, 9.17) is 9.47 Å². The molecule has 0 radical (unpaired) electrons. The van der Waals surface area contributed by atoms with E-state index in [1.807, 2.05) is 0 Å². The number of fused-ring (bicyclic) bond motifs is 1. The molecule has 5 aromatic rings. The number of aromatic nitrogens is 2. The third-order valence-corrected chi connectivity index (χ3v) is 6.55. The highest BCUT2D eigenvalue weighted by molar-refractivity contribution is 5.92. The van der Waals surface area contributed by atoms with Gasteiger partial charge in [0.2, 0.25) is 5.75 Å². The Hall–Kier alpha value is -6.12. The Labute approximate surface area is 262 Å². The molecule has 0 bridgehead atoms. The van der Waals surface area contributed by atoms with Gasteiger partial charge < -0.3 is 14.8 Å². The number of nitro groups is 1. The van der Waals surface area contributed by atoms with Crippen molar-refractivity contribution < 1.29 is 36.8 Å². The predicted octanol–water partition coefficient (Wildman–Crippen LogP) is 6.43. The lowest BCUT2D eigenvalue weighted by Gasteiger charge is -2.14. The van der Waals surface area contributed by atoms with E-state index < -0.39 is 46.2 Å². The molecule has 0 atom stereocenters. The average Bonchev–Trinajstić information content (AvgIpc) is 3.04. The third kappa shape index (κ3) is 7.41. The van der Waals surface area contributed by atoms with Gasteiger partial charge >= 0.3 is 11.9 Å². The Bertz CT molecular complexity index is 2060. The maximum absolute atomic E-state index is 13.5. The van der Waals surface area contributed by atoms with Crippen molar-refractivity contribution in [3.05, 3.63) is 122 Å². The number of amides is 1. The number of anilines is 1. The average molecular weight is 650 g/mol. The first-order chi connectivity index (χ1) is 22.4. The van der Waals surface area contributed by atoms with E-state index in [-0.39, 0.29) is 51.6 Å². The molecule has 1 amide bonds. The fraction of sp³-hybridized carbons (Fsp3) is 0.125. The maximum Gasteiger partial charge on any atom is 0.416 e. The van der Waals surface area contributed by atoms with Gasteiger partial charge in [0.1, 0.15) is 5.82 Å². The summed E-state index contributed by atoms with van der Waals surface area (Å²) in [5.41, 5.74) is -1.78. The monoisotopic (exact) mass is 649 g/mol. The molecule has 4 aromatic carbocycles. The Morgan fingerprint density at radius 2 is 1.79 bits per heavy atom. The van der Waals surface area contributed by atoms with Crippen LogP contribution in [-0.2, 0) is 11.0 Å². The largest absolute Gasteiger partial charge is 0.490 e. The summed E-state index contributed by atoms with van der Waals surface area (Å²) in [6, 6.07) is 17.7. The van der Waals surface area contributed by atoms with Crippen molar-refractivity contribution in [1.29, 1.82) is 0 Å². The number of ether oxygens (including phenoxy) is 2. The number of alkyl halides is 3. The van der Waals surface area contributed by atoms with Crippen LogP contribution in [-0.4, -0.2) is 39.9 Å². The predicted molar refractivity (Wildman–Crippen MR) is 164 cm³/mol. The van der Waals surface area contributed by atoms with Gasteiger partial charge in [-0.15, -0.1) is 0 Å². The summed E-state index contributed by atoms with van der Waals surface area (Å²) in [5.74, 6) is -1.89. The van der Waals surface area contributed by atoms with Gasteiger partial charge in [-0.1, -0.05) is 24.3 Å². The lowest BCUT2D eigenvalue weighted by Crippen LogP contribution is -2.21. The Kier molecular flexibility index (Phi) is 9.26. The summed E-state index contributed by atoms with van der Waals surface area (Å²) in [6.07, 6.45) is -3.59. The molecule has 11 nitrogen and oxygen atoms in total. The smallest absolute Gasteiger partial charge is 0.416 e. The minimum Gasteiger partial charge on any atom is -0.490 e. The molecule has 240 valence electrons. The van der Waals surface area contributed by atoms with Crippen molar-refractivity contribution in [2.24, 2.45) is 5.10 Å². The molecule has 1 aromatic heterocycles. The number of nitrogens with one attached hydrogen (secondary N) is 1. The number of carbonyl (C=O) groups is 1.